The highest BCUT2D eigenvalue weighted by Crippen LogP contribution is 2.37. The molecule has 1 aromatic heterocycles. The molecule has 0 saturated heterocycles. The van der Waals surface area contributed by atoms with Gasteiger partial charge in [-0.3, -0.25) is 9.59 Å². The molecular weight excluding hydrogens is 763 g/mol. The quantitative estimate of drug-likeness (QED) is 0.0255. The fourth-order valence-corrected chi connectivity index (χ4v) is 7.24. The average Bonchev–Trinajstić information content (AvgIpc) is 3.15. The van der Waals surface area contributed by atoms with Crippen LogP contribution in [0.1, 0.15) is 89.9 Å². The lowest BCUT2D eigenvalue weighted by Crippen LogP contribution is -2.56. The Labute approximate surface area is 326 Å². The molecule has 2 aromatic rings. The summed E-state index contributed by atoms with van der Waals surface area (Å²) in [5.41, 5.74) is -5.42. The number of aliphatic hydroxyl groups is 2. The molecule has 55 heavy (non-hydrogen) atoms. The number of carbonyl (C=O) groups is 3. The summed E-state index contributed by atoms with van der Waals surface area (Å²) in [6.45, 7) is 10.5. The highest BCUT2D eigenvalue weighted by molar-refractivity contribution is 8.76. The number of benzene rings is 1. The lowest BCUT2D eigenvalue weighted by Gasteiger charge is -2.33. The second kappa shape index (κ2) is 21.8. The van der Waals surface area contributed by atoms with Gasteiger partial charge in [0.1, 0.15) is 23.9 Å². The molecular formula is C36H53N3O14S2. The van der Waals surface area contributed by atoms with Gasteiger partial charge in [-0.1, -0.05) is 55.4 Å². The Kier molecular flexibility index (Phi) is 18.6. The molecule has 0 saturated carbocycles. The van der Waals surface area contributed by atoms with Crippen molar-refractivity contribution in [1.82, 2.24) is 13.7 Å². The van der Waals surface area contributed by atoms with Gasteiger partial charge >= 0.3 is 35.0 Å². The van der Waals surface area contributed by atoms with Crippen molar-refractivity contribution < 1.29 is 54.1 Å². The van der Waals surface area contributed by atoms with E-state index < -0.39 is 89.4 Å². The molecule has 19 heteroatoms. The molecule has 0 aliphatic heterocycles. The number of aromatic nitrogens is 3. The third-order valence-corrected chi connectivity index (χ3v) is 11.6. The predicted octanol–water partition coefficient (Wildman–Crippen LogP) is 2.83. The van der Waals surface area contributed by atoms with Crippen LogP contribution in [0, 0.1) is 0 Å². The van der Waals surface area contributed by atoms with Crippen LogP contribution in [0.2, 0.25) is 0 Å². The Morgan fingerprint density at radius 2 is 1.27 bits per heavy atom. The molecule has 2 rings (SSSR count). The number of nitrogens with zero attached hydrogens (tertiary/aromatic N) is 3. The van der Waals surface area contributed by atoms with Crippen molar-refractivity contribution >= 4 is 39.5 Å². The van der Waals surface area contributed by atoms with Gasteiger partial charge in [-0.2, -0.15) is 0 Å². The number of carbonyl (C=O) groups excluding carboxylic acids is 3. The summed E-state index contributed by atoms with van der Waals surface area (Å²) in [6, 6.07) is 1.78. The Morgan fingerprint density at radius 3 is 1.76 bits per heavy atom. The highest BCUT2D eigenvalue weighted by Gasteiger charge is 2.35. The number of aromatic hydroxyl groups is 3. The Balaban J connectivity index is 2.07. The Morgan fingerprint density at radius 1 is 0.782 bits per heavy atom. The van der Waals surface area contributed by atoms with Crippen LogP contribution in [0.5, 0.6) is 17.2 Å². The summed E-state index contributed by atoms with van der Waals surface area (Å²) in [5, 5.41) is 51.0. The average molecular weight is 816 g/mol. The molecule has 0 fully saturated rings. The van der Waals surface area contributed by atoms with E-state index in [4.69, 9.17) is 14.2 Å². The molecule has 308 valence electrons. The fraction of sp³-hybridized carbons (Fsp3) is 0.611. The van der Waals surface area contributed by atoms with Crippen molar-refractivity contribution in [2.24, 2.45) is 0 Å². The summed E-state index contributed by atoms with van der Waals surface area (Å²) in [4.78, 5) is 77.3. The van der Waals surface area contributed by atoms with Gasteiger partial charge in [0, 0.05) is 17.9 Å². The zero-order valence-corrected chi connectivity index (χ0v) is 33.5. The molecule has 0 aliphatic carbocycles. The highest BCUT2D eigenvalue weighted by atomic mass is 33.1. The van der Waals surface area contributed by atoms with Crippen LogP contribution in [0.15, 0.2) is 39.2 Å². The Hall–Kier alpha value is -4.20. The van der Waals surface area contributed by atoms with Gasteiger partial charge in [0.25, 0.3) is 0 Å². The summed E-state index contributed by atoms with van der Waals surface area (Å²) < 4.78 is 18.2. The van der Waals surface area contributed by atoms with Gasteiger partial charge in [-0.05, 0) is 44.7 Å². The number of esters is 3. The first-order valence-electron chi connectivity index (χ1n) is 17.9. The molecule has 1 heterocycles. The van der Waals surface area contributed by atoms with E-state index in [1.165, 1.54) is 27.7 Å². The van der Waals surface area contributed by atoms with E-state index in [1.54, 1.807) is 13.8 Å². The van der Waals surface area contributed by atoms with Crippen LogP contribution in [-0.4, -0.2) is 98.7 Å². The monoisotopic (exact) mass is 815 g/mol. The molecule has 2 unspecified atom stereocenters. The molecule has 0 spiro atoms. The summed E-state index contributed by atoms with van der Waals surface area (Å²) in [7, 11) is 2.76. The third kappa shape index (κ3) is 13.5. The smallest absolute Gasteiger partial charge is 0.338 e. The number of allylic oxidation sites excluding steroid dienone is 1. The fourth-order valence-electron chi connectivity index (χ4n) is 5.30. The predicted molar refractivity (Wildman–Crippen MR) is 206 cm³/mol. The first kappa shape index (κ1) is 47.0. The van der Waals surface area contributed by atoms with Gasteiger partial charge in [0.05, 0.1) is 44.1 Å². The van der Waals surface area contributed by atoms with Crippen molar-refractivity contribution in [3.05, 3.63) is 61.8 Å². The molecule has 17 nitrogen and oxygen atoms in total. The maximum absolute atomic E-state index is 13.5. The minimum Gasteiger partial charge on any atom is -0.504 e. The van der Waals surface area contributed by atoms with Crippen molar-refractivity contribution in [1.29, 1.82) is 0 Å². The number of rotatable bonds is 24. The largest absolute Gasteiger partial charge is 0.504 e. The minimum absolute atomic E-state index is 0.0143. The van der Waals surface area contributed by atoms with Gasteiger partial charge in [-0.25, -0.2) is 32.9 Å². The SMILES string of the molecule is C=CCn1c(=O)n(CC(O)COC(=O)CCSSCCC(=O)OC(C)(CC)CC)c(=O)n(CC(O)CC(CC)(CC)OC(=O)c2cc(O)c(O)c(O)c2)c1=O. The van der Waals surface area contributed by atoms with Gasteiger partial charge in [0.2, 0.25) is 0 Å². The number of hydrogen-bond acceptors (Lipinski definition) is 16. The summed E-state index contributed by atoms with van der Waals surface area (Å²) in [6.07, 6.45) is -0.111. The lowest BCUT2D eigenvalue weighted by atomic mass is 9.90. The number of ether oxygens (including phenoxy) is 3. The third-order valence-electron chi connectivity index (χ3n) is 9.15. The Bertz CT molecular complexity index is 1790. The molecule has 0 amide bonds. The standard InChI is InChI=1S/C36H53N3O14S2/c1-7-14-37-32(48)38(20-24(40)19-36(10-4,11-5)53-31(47)23-17-26(42)30(46)27(43)18-23)34(50)39(33(37)49)21-25(41)22-51-28(44)12-15-54-55-16-13-29(45)52-35(6,8-2)9-3/h7,17-18,24-25,40-43,46H,1,8-16,19-22H2,2-6H3. The van der Waals surface area contributed by atoms with Crippen LogP contribution in [0.25, 0.3) is 0 Å². The number of aliphatic hydroxyl groups excluding tert-OH is 2. The van der Waals surface area contributed by atoms with Gasteiger partial charge in [0.15, 0.2) is 17.2 Å². The van der Waals surface area contributed by atoms with Crippen LogP contribution < -0.4 is 17.1 Å². The van der Waals surface area contributed by atoms with Crippen molar-refractivity contribution in [2.75, 3.05) is 18.1 Å². The van der Waals surface area contributed by atoms with Crippen LogP contribution >= 0.6 is 21.6 Å². The van der Waals surface area contributed by atoms with Crippen molar-refractivity contribution in [3.8, 4) is 17.2 Å². The van der Waals surface area contributed by atoms with Crippen LogP contribution in [-0.2, 0) is 43.4 Å². The number of hydrogen-bond donors (Lipinski definition) is 5. The second-order valence-electron chi connectivity index (χ2n) is 13.1. The van der Waals surface area contributed by atoms with Gasteiger partial charge < -0.3 is 39.7 Å². The zero-order valence-electron chi connectivity index (χ0n) is 31.9. The van der Waals surface area contributed by atoms with E-state index in [0.717, 1.165) is 12.1 Å². The molecule has 1 aromatic carbocycles. The van der Waals surface area contributed by atoms with Crippen molar-refractivity contribution in [3.63, 3.8) is 0 Å². The maximum atomic E-state index is 13.5. The van der Waals surface area contributed by atoms with Gasteiger partial charge in [-0.15, -0.1) is 6.58 Å². The molecule has 0 radical (unpaired) electrons. The molecule has 5 N–H and O–H groups in total. The first-order chi connectivity index (χ1) is 25.9. The van der Waals surface area contributed by atoms with E-state index in [2.05, 4.69) is 6.58 Å². The zero-order chi connectivity index (χ0) is 41.5. The van der Waals surface area contributed by atoms with Crippen LogP contribution in [0.4, 0.5) is 0 Å². The normalized spacial score (nSPS) is 12.9. The molecule has 0 bridgehead atoms. The van der Waals surface area contributed by atoms with E-state index in [-0.39, 0.29) is 50.2 Å². The van der Waals surface area contributed by atoms with E-state index >= 15 is 0 Å². The topological polar surface area (TPSA) is 246 Å². The van der Waals surface area contributed by atoms with E-state index in [9.17, 15) is 54.3 Å². The second-order valence-corrected chi connectivity index (χ2v) is 15.8. The molecule has 2 atom stereocenters. The minimum atomic E-state index is -1.53. The van der Waals surface area contributed by atoms with E-state index in [0.29, 0.717) is 38.0 Å². The van der Waals surface area contributed by atoms with Crippen molar-refractivity contribution in [2.45, 2.75) is 123 Å². The summed E-state index contributed by atoms with van der Waals surface area (Å²) in [5.74, 6) is -3.43. The van der Waals surface area contributed by atoms with E-state index in [1.807, 2.05) is 20.8 Å². The first-order valence-corrected chi connectivity index (χ1v) is 20.4. The number of phenolic OH excluding ortho intramolecular Hbond substituents is 3. The summed E-state index contributed by atoms with van der Waals surface area (Å²) >= 11 is 0. The molecule has 0 aliphatic rings. The maximum Gasteiger partial charge on any atom is 0.338 e. The number of phenols is 3. The lowest BCUT2D eigenvalue weighted by molar-refractivity contribution is -0.158. The van der Waals surface area contributed by atoms with Crippen LogP contribution in [0.3, 0.4) is 0 Å².